The van der Waals surface area contributed by atoms with E-state index in [-0.39, 0.29) is 11.9 Å². The van der Waals surface area contributed by atoms with E-state index in [1.165, 1.54) is 5.56 Å². The number of carboxylic acid groups (broad SMARTS) is 1. The van der Waals surface area contributed by atoms with Gasteiger partial charge in [0.2, 0.25) is 0 Å². The molecule has 3 N–H and O–H groups in total. The van der Waals surface area contributed by atoms with Gasteiger partial charge in [-0.1, -0.05) is 24.3 Å². The van der Waals surface area contributed by atoms with Crippen molar-refractivity contribution in [2.75, 3.05) is 51.8 Å². The molecule has 43 heavy (non-hydrogen) atoms. The number of aliphatic carboxylic acids is 1. The highest BCUT2D eigenvalue weighted by Crippen LogP contribution is 2.28. The lowest BCUT2D eigenvalue weighted by atomic mass is 10.1. The summed E-state index contributed by atoms with van der Waals surface area (Å²) in [5.41, 5.74) is 4.54. The number of benzene rings is 1. The number of hydrogen-bond acceptors (Lipinski definition) is 8. The van der Waals surface area contributed by atoms with Crippen LogP contribution in [-0.2, 0) is 29.2 Å². The van der Waals surface area contributed by atoms with E-state index < -0.39 is 12.1 Å². The summed E-state index contributed by atoms with van der Waals surface area (Å²) in [4.78, 5) is 31.7. The zero-order valence-corrected chi connectivity index (χ0v) is 24.4. The minimum absolute atomic E-state index is 0.132. The van der Waals surface area contributed by atoms with E-state index in [0.29, 0.717) is 12.1 Å². The lowest BCUT2D eigenvalue weighted by molar-refractivity contribution is -0.192. The second-order valence-corrected chi connectivity index (χ2v) is 10.7. The van der Waals surface area contributed by atoms with Crippen LogP contribution in [0.5, 0.6) is 0 Å². The third kappa shape index (κ3) is 8.88. The number of carbonyl (C=O) groups excluding carboxylic acids is 1. The van der Waals surface area contributed by atoms with E-state index in [4.69, 9.17) is 14.6 Å². The van der Waals surface area contributed by atoms with Gasteiger partial charge in [-0.3, -0.25) is 9.69 Å². The number of piperazine rings is 1. The van der Waals surface area contributed by atoms with Crippen LogP contribution >= 0.6 is 0 Å². The van der Waals surface area contributed by atoms with Gasteiger partial charge in [-0.05, 0) is 37.9 Å². The topological polar surface area (TPSA) is 125 Å². The average molecular weight is 606 g/mol. The van der Waals surface area contributed by atoms with Gasteiger partial charge in [0.1, 0.15) is 0 Å². The Morgan fingerprint density at radius 1 is 1.09 bits per heavy atom. The van der Waals surface area contributed by atoms with Crippen LogP contribution in [0.1, 0.15) is 41.3 Å². The summed E-state index contributed by atoms with van der Waals surface area (Å²) >= 11 is 0. The molecule has 1 aromatic carbocycles. The molecule has 2 saturated heterocycles. The fourth-order valence-corrected chi connectivity index (χ4v) is 5.01. The van der Waals surface area contributed by atoms with Gasteiger partial charge in [0.05, 0.1) is 22.8 Å². The number of nitrogens with one attached hydrogen (secondary N) is 2. The van der Waals surface area contributed by atoms with Crippen LogP contribution < -0.4 is 10.6 Å². The Morgan fingerprint density at radius 3 is 2.42 bits per heavy atom. The van der Waals surface area contributed by atoms with Crippen LogP contribution in [0.25, 0.3) is 11.0 Å². The number of likely N-dealkylation sites (N-methyl/N-ethyl adjacent to an activating group) is 1. The van der Waals surface area contributed by atoms with Crippen molar-refractivity contribution in [1.82, 2.24) is 29.9 Å². The third-order valence-electron chi connectivity index (χ3n) is 7.47. The van der Waals surface area contributed by atoms with Crippen molar-refractivity contribution >= 4 is 28.6 Å². The Hall–Kier alpha value is -3.75. The Morgan fingerprint density at radius 2 is 1.77 bits per heavy atom. The van der Waals surface area contributed by atoms with Crippen LogP contribution in [0.2, 0.25) is 0 Å². The lowest BCUT2D eigenvalue weighted by Gasteiger charge is -2.32. The van der Waals surface area contributed by atoms with Crippen molar-refractivity contribution in [3.05, 3.63) is 53.3 Å². The highest BCUT2D eigenvalue weighted by molar-refractivity contribution is 6.06. The lowest BCUT2D eigenvalue weighted by Crippen LogP contribution is -2.43. The van der Waals surface area contributed by atoms with Crippen molar-refractivity contribution in [2.45, 2.75) is 51.6 Å². The SMILES string of the molecule is CCn1ncc2c(NC3CCOCC3)c(C(=O)NCc3cccc(CN4CCN(C)CC4)c3)cnc21.O=C(O)C(F)(F)F. The number of anilines is 1. The van der Waals surface area contributed by atoms with Gasteiger partial charge in [-0.2, -0.15) is 18.3 Å². The number of ether oxygens (including phenoxy) is 1. The number of carboxylic acids is 1. The summed E-state index contributed by atoms with van der Waals surface area (Å²) in [7, 11) is 2.17. The minimum atomic E-state index is -5.08. The number of nitrogens with zero attached hydrogens (tertiary/aromatic N) is 5. The molecule has 0 bridgehead atoms. The molecule has 2 fully saturated rings. The molecule has 1 amide bonds. The van der Waals surface area contributed by atoms with Gasteiger partial charge in [0.25, 0.3) is 5.91 Å². The number of halogens is 3. The molecule has 234 valence electrons. The second-order valence-electron chi connectivity index (χ2n) is 10.7. The number of carbonyl (C=O) groups is 2. The normalized spacial score (nSPS) is 16.9. The maximum absolute atomic E-state index is 13.4. The predicted octanol–water partition coefficient (Wildman–Crippen LogP) is 3.35. The molecule has 5 rings (SSSR count). The highest BCUT2D eigenvalue weighted by Gasteiger charge is 2.38. The van der Waals surface area contributed by atoms with E-state index in [0.717, 1.165) is 87.6 Å². The first kappa shape index (κ1) is 32.2. The molecule has 0 unspecified atom stereocenters. The maximum Gasteiger partial charge on any atom is 0.490 e. The summed E-state index contributed by atoms with van der Waals surface area (Å²) in [5, 5.41) is 19.2. The third-order valence-corrected chi connectivity index (χ3v) is 7.47. The van der Waals surface area contributed by atoms with Crippen molar-refractivity contribution < 1.29 is 32.6 Å². The molecule has 2 aromatic heterocycles. The quantitative estimate of drug-likeness (QED) is 0.355. The molecule has 0 spiro atoms. The zero-order chi connectivity index (χ0) is 31.0. The first-order valence-corrected chi connectivity index (χ1v) is 14.3. The Labute approximate surface area is 248 Å². The molecule has 11 nitrogen and oxygen atoms in total. The Kier molecular flexibility index (Phi) is 10.9. The van der Waals surface area contributed by atoms with Crippen LogP contribution in [-0.4, -0.2) is 100 Å². The monoisotopic (exact) mass is 605 g/mol. The molecule has 0 aliphatic carbocycles. The zero-order valence-electron chi connectivity index (χ0n) is 24.4. The van der Waals surface area contributed by atoms with Gasteiger partial charge < -0.3 is 25.4 Å². The molecule has 2 aliphatic heterocycles. The van der Waals surface area contributed by atoms with Crippen molar-refractivity contribution in [1.29, 1.82) is 0 Å². The average Bonchev–Trinajstić information content (AvgIpc) is 3.42. The Balaban J connectivity index is 0.000000541. The van der Waals surface area contributed by atoms with Gasteiger partial charge in [0, 0.05) is 71.3 Å². The first-order valence-electron chi connectivity index (χ1n) is 14.3. The van der Waals surface area contributed by atoms with Gasteiger partial charge in [-0.25, -0.2) is 14.5 Å². The summed E-state index contributed by atoms with van der Waals surface area (Å²) in [5.74, 6) is -2.89. The summed E-state index contributed by atoms with van der Waals surface area (Å²) in [6, 6.07) is 8.78. The number of hydrogen-bond donors (Lipinski definition) is 3. The molecular formula is C29H38F3N7O4. The smallest absolute Gasteiger partial charge is 0.475 e. The molecular weight excluding hydrogens is 567 g/mol. The van der Waals surface area contributed by atoms with Crippen LogP contribution in [0.15, 0.2) is 36.7 Å². The van der Waals surface area contributed by atoms with Crippen LogP contribution in [0.4, 0.5) is 18.9 Å². The first-order chi connectivity index (χ1) is 20.5. The number of rotatable bonds is 8. The van der Waals surface area contributed by atoms with Gasteiger partial charge in [0.15, 0.2) is 5.65 Å². The standard InChI is InChI=1S/C27H37N7O2.C2HF3O2/c1-3-34-26-23(18-30-34)25(31-22-7-13-36-14-8-22)24(17-28-26)27(35)29-16-20-5-4-6-21(15-20)19-33-11-9-32(2)10-12-33;3-2(4,5)1(6)7/h4-6,15,17-18,22H,3,7-14,16,19H2,1-2H3,(H,28,31)(H,29,35);(H,6,7). The second kappa shape index (κ2) is 14.6. The molecule has 3 aromatic rings. The summed E-state index contributed by atoms with van der Waals surface area (Å²) < 4.78 is 39.1. The number of pyridine rings is 1. The molecule has 4 heterocycles. The van der Waals surface area contributed by atoms with E-state index in [1.807, 2.05) is 17.8 Å². The fraction of sp³-hybridized carbons (Fsp3) is 0.517. The molecule has 2 aliphatic rings. The minimum Gasteiger partial charge on any atom is -0.475 e. The fourth-order valence-electron chi connectivity index (χ4n) is 5.01. The number of amides is 1. The molecule has 14 heteroatoms. The van der Waals surface area contributed by atoms with Crippen molar-refractivity contribution in [3.8, 4) is 0 Å². The van der Waals surface area contributed by atoms with Gasteiger partial charge >= 0.3 is 12.1 Å². The van der Waals surface area contributed by atoms with Crippen molar-refractivity contribution in [3.63, 3.8) is 0 Å². The predicted molar refractivity (Wildman–Crippen MR) is 155 cm³/mol. The maximum atomic E-state index is 13.4. The summed E-state index contributed by atoms with van der Waals surface area (Å²) in [6.07, 6.45) is 0.225. The van der Waals surface area contributed by atoms with Crippen LogP contribution in [0, 0.1) is 0 Å². The van der Waals surface area contributed by atoms with E-state index in [1.54, 1.807) is 6.20 Å². The number of aryl methyl sites for hydroxylation is 1. The number of aromatic nitrogens is 3. The molecule has 0 atom stereocenters. The van der Waals surface area contributed by atoms with E-state index in [2.05, 4.69) is 61.8 Å². The van der Waals surface area contributed by atoms with Crippen molar-refractivity contribution in [2.24, 2.45) is 0 Å². The Bertz CT molecular complexity index is 1380. The number of alkyl halides is 3. The van der Waals surface area contributed by atoms with Gasteiger partial charge in [-0.15, -0.1) is 0 Å². The molecule has 0 radical (unpaired) electrons. The van der Waals surface area contributed by atoms with E-state index in [9.17, 15) is 18.0 Å². The molecule has 0 saturated carbocycles. The van der Waals surface area contributed by atoms with Crippen LogP contribution in [0.3, 0.4) is 0 Å². The highest BCUT2D eigenvalue weighted by atomic mass is 19.4. The largest absolute Gasteiger partial charge is 0.490 e. The van der Waals surface area contributed by atoms with E-state index >= 15 is 0 Å². The number of fused-ring (bicyclic) bond motifs is 1. The summed E-state index contributed by atoms with van der Waals surface area (Å²) in [6.45, 7) is 10.0.